The third kappa shape index (κ3) is 2.86. The quantitative estimate of drug-likeness (QED) is 0.554. The Morgan fingerprint density at radius 2 is 2.04 bits per heavy atom. The highest BCUT2D eigenvalue weighted by Crippen LogP contribution is 2.33. The number of nitrogens with zero attached hydrogens (tertiary/aromatic N) is 2. The number of rotatable bonds is 5. The summed E-state index contributed by atoms with van der Waals surface area (Å²) in [4.78, 5) is 30.5. The highest BCUT2D eigenvalue weighted by atomic mass is 32.1. The summed E-state index contributed by atoms with van der Waals surface area (Å²) in [6.45, 7) is 1.74. The van der Waals surface area contributed by atoms with Crippen molar-refractivity contribution in [2.75, 3.05) is 0 Å². The molecular formula is C20H16N2O4S. The summed E-state index contributed by atoms with van der Waals surface area (Å²) in [5.74, 6) is -0.148. The van der Waals surface area contributed by atoms with Crippen LogP contribution in [0.5, 0.6) is 0 Å². The minimum Gasteiger partial charge on any atom is -0.480 e. The number of thiophene rings is 1. The van der Waals surface area contributed by atoms with Gasteiger partial charge in [0.05, 0.1) is 11.6 Å². The lowest BCUT2D eigenvalue weighted by molar-refractivity contribution is -0.141. The van der Waals surface area contributed by atoms with Gasteiger partial charge in [-0.3, -0.25) is 9.36 Å². The van der Waals surface area contributed by atoms with E-state index < -0.39 is 12.0 Å². The van der Waals surface area contributed by atoms with Crippen molar-refractivity contribution in [2.45, 2.75) is 19.4 Å². The molecule has 136 valence electrons. The Balaban J connectivity index is 2.09. The van der Waals surface area contributed by atoms with Crippen LogP contribution in [0, 0.1) is 0 Å². The van der Waals surface area contributed by atoms with Gasteiger partial charge < -0.3 is 9.52 Å². The minimum absolute atomic E-state index is 0.266. The van der Waals surface area contributed by atoms with Gasteiger partial charge in [-0.15, -0.1) is 11.3 Å². The molecule has 1 aromatic carbocycles. The van der Waals surface area contributed by atoms with Gasteiger partial charge in [-0.1, -0.05) is 37.3 Å². The lowest BCUT2D eigenvalue weighted by Gasteiger charge is -2.18. The molecule has 0 saturated carbocycles. The maximum atomic E-state index is 13.4. The molecule has 7 heteroatoms. The molecule has 0 aliphatic heterocycles. The van der Waals surface area contributed by atoms with Crippen molar-refractivity contribution >= 4 is 27.5 Å². The summed E-state index contributed by atoms with van der Waals surface area (Å²) in [5.41, 5.74) is 0.955. The lowest BCUT2D eigenvalue weighted by atomic mass is 10.1. The van der Waals surface area contributed by atoms with Crippen molar-refractivity contribution in [3.63, 3.8) is 0 Å². The number of carboxylic acid groups (broad SMARTS) is 1. The Morgan fingerprint density at radius 3 is 2.67 bits per heavy atom. The highest BCUT2D eigenvalue weighted by molar-refractivity contribution is 7.17. The lowest BCUT2D eigenvalue weighted by Crippen LogP contribution is -2.31. The van der Waals surface area contributed by atoms with Crippen molar-refractivity contribution in [2.24, 2.45) is 0 Å². The molecule has 0 aliphatic carbocycles. The average Bonchev–Trinajstić information content (AvgIpc) is 3.33. The zero-order chi connectivity index (χ0) is 19.0. The predicted molar refractivity (Wildman–Crippen MR) is 104 cm³/mol. The minimum atomic E-state index is -1.06. The van der Waals surface area contributed by atoms with Gasteiger partial charge in [0.25, 0.3) is 5.56 Å². The van der Waals surface area contributed by atoms with E-state index in [0.29, 0.717) is 32.9 Å². The molecule has 4 aromatic rings. The van der Waals surface area contributed by atoms with Crippen molar-refractivity contribution in [1.29, 1.82) is 0 Å². The molecule has 1 atom stereocenters. The summed E-state index contributed by atoms with van der Waals surface area (Å²) in [7, 11) is 0. The van der Waals surface area contributed by atoms with E-state index in [2.05, 4.69) is 4.98 Å². The van der Waals surface area contributed by atoms with E-state index in [1.807, 2.05) is 35.7 Å². The van der Waals surface area contributed by atoms with E-state index in [1.165, 1.54) is 22.2 Å². The molecule has 3 heterocycles. The van der Waals surface area contributed by atoms with Gasteiger partial charge in [-0.25, -0.2) is 9.78 Å². The van der Waals surface area contributed by atoms with Crippen LogP contribution in [0.2, 0.25) is 0 Å². The van der Waals surface area contributed by atoms with Crippen molar-refractivity contribution in [3.8, 4) is 22.7 Å². The molecule has 27 heavy (non-hydrogen) atoms. The molecule has 0 amide bonds. The van der Waals surface area contributed by atoms with E-state index in [1.54, 1.807) is 19.1 Å². The van der Waals surface area contributed by atoms with Crippen molar-refractivity contribution in [3.05, 3.63) is 64.5 Å². The fourth-order valence-corrected chi connectivity index (χ4v) is 4.08. The largest absolute Gasteiger partial charge is 0.480 e. The first-order valence-corrected chi connectivity index (χ1v) is 9.35. The van der Waals surface area contributed by atoms with Gasteiger partial charge in [0, 0.05) is 16.5 Å². The van der Waals surface area contributed by atoms with Gasteiger partial charge in [0.2, 0.25) is 0 Å². The van der Waals surface area contributed by atoms with Crippen molar-refractivity contribution in [1.82, 2.24) is 9.55 Å². The third-order valence-corrected chi connectivity index (χ3v) is 5.31. The second-order valence-corrected chi connectivity index (χ2v) is 6.90. The standard InChI is InChI=1S/C20H16N2O4S/c1-2-14(20(24)25)22-17(12-7-4-3-5-8-12)21-18-16(19(22)23)13(11-27-18)15-9-6-10-26-15/h3-11,14H,2H2,1H3,(H,24,25). The first-order valence-electron chi connectivity index (χ1n) is 8.47. The normalized spacial score (nSPS) is 12.3. The Bertz CT molecular complexity index is 1160. The first-order chi connectivity index (χ1) is 13.1. The summed E-state index contributed by atoms with van der Waals surface area (Å²) in [6, 6.07) is 11.7. The maximum Gasteiger partial charge on any atom is 0.326 e. The Kier molecular flexibility index (Phi) is 4.37. The zero-order valence-electron chi connectivity index (χ0n) is 14.5. The number of furan rings is 1. The fraction of sp³-hybridized carbons (Fsp3) is 0.150. The number of aliphatic carboxylic acids is 1. The number of hydrogen-bond acceptors (Lipinski definition) is 5. The summed E-state index contributed by atoms with van der Waals surface area (Å²) in [6.07, 6.45) is 1.80. The second kappa shape index (κ2) is 6.85. The van der Waals surface area contributed by atoms with Gasteiger partial charge in [-0.2, -0.15) is 0 Å². The average molecular weight is 380 g/mol. The zero-order valence-corrected chi connectivity index (χ0v) is 15.3. The molecule has 1 N–H and O–H groups in total. The molecule has 1 unspecified atom stereocenters. The maximum absolute atomic E-state index is 13.4. The number of carbonyl (C=O) groups is 1. The third-order valence-electron chi connectivity index (χ3n) is 4.44. The summed E-state index contributed by atoms with van der Waals surface area (Å²) < 4.78 is 6.74. The van der Waals surface area contributed by atoms with Crippen LogP contribution >= 0.6 is 11.3 Å². The number of benzene rings is 1. The molecular weight excluding hydrogens is 364 g/mol. The number of carboxylic acids is 1. The first kappa shape index (κ1) is 17.2. The summed E-state index contributed by atoms with van der Waals surface area (Å²) >= 11 is 1.34. The summed E-state index contributed by atoms with van der Waals surface area (Å²) in [5, 5.41) is 11.9. The van der Waals surface area contributed by atoms with Crippen LogP contribution in [0.4, 0.5) is 0 Å². The van der Waals surface area contributed by atoms with Crippen LogP contribution in [0.1, 0.15) is 19.4 Å². The van der Waals surface area contributed by atoms with Crippen molar-refractivity contribution < 1.29 is 14.3 Å². The Labute approximate surface area is 158 Å². The van der Waals surface area contributed by atoms with E-state index in [9.17, 15) is 14.7 Å². The number of hydrogen-bond donors (Lipinski definition) is 1. The molecule has 0 bridgehead atoms. The molecule has 0 spiro atoms. The van der Waals surface area contributed by atoms with Gasteiger partial charge in [0.1, 0.15) is 22.5 Å². The van der Waals surface area contributed by atoms with Crippen LogP contribution in [-0.4, -0.2) is 20.6 Å². The second-order valence-electron chi connectivity index (χ2n) is 6.05. The van der Waals surface area contributed by atoms with E-state index in [0.717, 1.165) is 0 Å². The van der Waals surface area contributed by atoms with Crippen LogP contribution in [0.15, 0.2) is 63.3 Å². The van der Waals surface area contributed by atoms with Gasteiger partial charge in [0.15, 0.2) is 0 Å². The van der Waals surface area contributed by atoms with E-state index in [4.69, 9.17) is 4.42 Å². The topological polar surface area (TPSA) is 85.3 Å². The fourth-order valence-electron chi connectivity index (χ4n) is 3.16. The van der Waals surface area contributed by atoms with Crippen LogP contribution in [-0.2, 0) is 4.79 Å². The van der Waals surface area contributed by atoms with E-state index >= 15 is 0 Å². The monoisotopic (exact) mass is 380 g/mol. The predicted octanol–water partition coefficient (Wildman–Crippen LogP) is 4.42. The van der Waals surface area contributed by atoms with Crippen LogP contribution < -0.4 is 5.56 Å². The number of fused-ring (bicyclic) bond motifs is 1. The molecule has 0 saturated heterocycles. The Morgan fingerprint density at radius 1 is 1.26 bits per heavy atom. The Hall–Kier alpha value is -3.19. The molecule has 6 nitrogen and oxygen atoms in total. The molecule has 0 aliphatic rings. The molecule has 4 rings (SSSR count). The molecule has 0 fully saturated rings. The van der Waals surface area contributed by atoms with Crippen LogP contribution in [0.3, 0.4) is 0 Å². The molecule has 3 aromatic heterocycles. The SMILES string of the molecule is CCC(C(=O)O)n1c(-c2ccccc2)nc2scc(-c3ccco3)c2c1=O. The highest BCUT2D eigenvalue weighted by Gasteiger charge is 2.26. The van der Waals surface area contributed by atoms with Gasteiger partial charge >= 0.3 is 5.97 Å². The van der Waals surface area contributed by atoms with Gasteiger partial charge in [-0.05, 0) is 18.6 Å². The van der Waals surface area contributed by atoms with Crippen LogP contribution in [0.25, 0.3) is 32.9 Å². The number of aromatic nitrogens is 2. The van der Waals surface area contributed by atoms with E-state index in [-0.39, 0.29) is 12.0 Å². The smallest absolute Gasteiger partial charge is 0.326 e. The molecule has 0 radical (unpaired) electrons.